The van der Waals surface area contributed by atoms with Crippen molar-refractivity contribution in [2.45, 2.75) is 38.5 Å². The second-order valence-corrected chi connectivity index (χ2v) is 6.96. The number of aromatic nitrogens is 2. The quantitative estimate of drug-likeness (QED) is 0.699. The lowest BCUT2D eigenvalue weighted by Gasteiger charge is -2.07. The summed E-state index contributed by atoms with van der Waals surface area (Å²) in [4.78, 5) is 0. The topological polar surface area (TPSA) is 53.1 Å². The summed E-state index contributed by atoms with van der Waals surface area (Å²) in [7, 11) is 0. The highest BCUT2D eigenvalue weighted by Crippen LogP contribution is 2.33. The van der Waals surface area contributed by atoms with E-state index in [1.165, 1.54) is 23.3 Å². The molecule has 0 aliphatic heterocycles. The Morgan fingerprint density at radius 2 is 1.79 bits per heavy atom. The van der Waals surface area contributed by atoms with Crippen LogP contribution in [0.5, 0.6) is 11.6 Å². The van der Waals surface area contributed by atoms with Crippen LogP contribution in [-0.2, 0) is 25.6 Å². The van der Waals surface area contributed by atoms with Crippen LogP contribution in [0.3, 0.4) is 0 Å². The summed E-state index contributed by atoms with van der Waals surface area (Å²) in [6, 6.07) is 12.8. The third-order valence-corrected chi connectivity index (χ3v) is 4.93. The zero-order valence-corrected chi connectivity index (χ0v) is 15.3. The van der Waals surface area contributed by atoms with Gasteiger partial charge >= 0.3 is 6.18 Å². The van der Waals surface area contributed by atoms with Crippen molar-refractivity contribution in [1.29, 1.82) is 0 Å². The van der Waals surface area contributed by atoms with Crippen LogP contribution in [0, 0.1) is 0 Å². The fourth-order valence-corrected chi connectivity index (χ4v) is 3.56. The number of halogens is 3. The second kappa shape index (κ2) is 6.98. The molecule has 1 atom stereocenters. The van der Waals surface area contributed by atoms with E-state index in [2.05, 4.69) is 17.2 Å². The van der Waals surface area contributed by atoms with Gasteiger partial charge < -0.3 is 10.5 Å². The Bertz CT molecular complexity index is 993. The van der Waals surface area contributed by atoms with Gasteiger partial charge in [0.25, 0.3) is 0 Å². The van der Waals surface area contributed by atoms with E-state index in [0.717, 1.165) is 36.2 Å². The Morgan fingerprint density at radius 3 is 2.46 bits per heavy atom. The molecule has 1 aliphatic rings. The van der Waals surface area contributed by atoms with Gasteiger partial charge in [0.05, 0.1) is 11.3 Å². The molecule has 0 saturated heterocycles. The molecule has 1 aliphatic carbocycles. The van der Waals surface area contributed by atoms with E-state index in [1.807, 2.05) is 17.7 Å². The largest absolute Gasteiger partial charge is 0.438 e. The van der Waals surface area contributed by atoms with Crippen molar-refractivity contribution in [1.82, 2.24) is 9.78 Å². The van der Waals surface area contributed by atoms with Gasteiger partial charge in [-0.15, -0.1) is 5.10 Å². The Morgan fingerprint density at radius 1 is 1.07 bits per heavy atom. The van der Waals surface area contributed by atoms with Gasteiger partial charge in [0.2, 0.25) is 5.88 Å². The van der Waals surface area contributed by atoms with E-state index < -0.39 is 11.7 Å². The number of hydrogen-bond donors (Lipinski definition) is 1. The molecule has 0 radical (unpaired) electrons. The molecule has 2 N–H and O–H groups in total. The lowest BCUT2D eigenvalue weighted by Crippen LogP contribution is -2.18. The molecular weight excluding hydrogens is 367 g/mol. The minimum absolute atomic E-state index is 0.167. The van der Waals surface area contributed by atoms with E-state index in [1.54, 1.807) is 6.07 Å². The van der Waals surface area contributed by atoms with Gasteiger partial charge in [-0.3, -0.25) is 4.68 Å². The first-order chi connectivity index (χ1) is 13.3. The van der Waals surface area contributed by atoms with Gasteiger partial charge in [0.1, 0.15) is 5.75 Å². The smallest absolute Gasteiger partial charge is 0.416 e. The van der Waals surface area contributed by atoms with Crippen molar-refractivity contribution in [3.05, 3.63) is 65.2 Å². The van der Waals surface area contributed by atoms with Crippen LogP contribution < -0.4 is 10.5 Å². The maximum Gasteiger partial charge on any atom is 0.416 e. The summed E-state index contributed by atoms with van der Waals surface area (Å²) in [5.41, 5.74) is 9.78. The lowest BCUT2D eigenvalue weighted by atomic mass is 10.0. The Hall–Kier alpha value is -2.80. The van der Waals surface area contributed by atoms with Gasteiger partial charge in [-0.05, 0) is 61.2 Å². The van der Waals surface area contributed by atoms with Crippen molar-refractivity contribution in [3.63, 3.8) is 0 Å². The summed E-state index contributed by atoms with van der Waals surface area (Å²) in [6.07, 6.45) is -2.62. The first-order valence-corrected chi connectivity index (χ1v) is 9.14. The first kappa shape index (κ1) is 18.6. The van der Waals surface area contributed by atoms with Gasteiger partial charge in [-0.25, -0.2) is 0 Å². The van der Waals surface area contributed by atoms with E-state index >= 15 is 0 Å². The second-order valence-electron chi connectivity index (χ2n) is 6.96. The van der Waals surface area contributed by atoms with Crippen molar-refractivity contribution in [2.75, 3.05) is 0 Å². The molecule has 3 aromatic rings. The summed E-state index contributed by atoms with van der Waals surface area (Å²) in [5.74, 6) is 0.647. The molecule has 0 fully saturated rings. The number of benzene rings is 2. The van der Waals surface area contributed by atoms with E-state index in [4.69, 9.17) is 10.5 Å². The predicted molar refractivity (Wildman–Crippen MR) is 100 cm³/mol. The summed E-state index contributed by atoms with van der Waals surface area (Å²) >= 11 is 0. The Balaban J connectivity index is 1.60. The third-order valence-electron chi connectivity index (χ3n) is 4.93. The van der Waals surface area contributed by atoms with E-state index in [9.17, 15) is 13.2 Å². The molecule has 1 unspecified atom stereocenters. The molecular formula is C21H20F3N3O. The number of alkyl halides is 3. The van der Waals surface area contributed by atoms with Crippen molar-refractivity contribution >= 4 is 0 Å². The van der Waals surface area contributed by atoms with Crippen LogP contribution in [0.25, 0.3) is 11.3 Å². The zero-order chi connectivity index (χ0) is 19.9. The molecule has 4 nitrogen and oxygen atoms in total. The van der Waals surface area contributed by atoms with Crippen molar-refractivity contribution in [3.8, 4) is 22.9 Å². The van der Waals surface area contributed by atoms with Crippen molar-refractivity contribution in [2.24, 2.45) is 5.73 Å². The maximum atomic E-state index is 12.7. The average molecular weight is 387 g/mol. The van der Waals surface area contributed by atoms with Gasteiger partial charge in [-0.1, -0.05) is 12.1 Å². The number of nitrogens with two attached hydrogens (primary N) is 1. The van der Waals surface area contributed by atoms with Crippen LogP contribution in [0.1, 0.15) is 23.6 Å². The number of rotatable bonds is 4. The minimum atomic E-state index is -4.37. The van der Waals surface area contributed by atoms with Crippen LogP contribution in [0.4, 0.5) is 13.2 Å². The Labute approximate surface area is 160 Å². The Kier molecular flexibility index (Phi) is 4.63. The summed E-state index contributed by atoms with van der Waals surface area (Å²) in [5, 5.41) is 4.43. The SMILES string of the molecule is CCn1nc(Oc2ccc(C(F)(F)F)cc2)cc1-c1ccc2c(c1)CC(N)C2. The summed E-state index contributed by atoms with van der Waals surface area (Å²) < 4.78 is 45.6. The molecule has 0 amide bonds. The molecule has 0 spiro atoms. The molecule has 28 heavy (non-hydrogen) atoms. The van der Waals surface area contributed by atoms with Gasteiger partial charge in [-0.2, -0.15) is 13.2 Å². The molecule has 1 heterocycles. The van der Waals surface area contributed by atoms with Crippen LogP contribution >= 0.6 is 0 Å². The maximum absolute atomic E-state index is 12.7. The van der Waals surface area contributed by atoms with E-state index in [0.29, 0.717) is 18.2 Å². The molecule has 0 bridgehead atoms. The minimum Gasteiger partial charge on any atom is -0.438 e. The molecule has 1 aromatic heterocycles. The fraction of sp³-hybridized carbons (Fsp3) is 0.286. The molecule has 2 aromatic carbocycles. The highest BCUT2D eigenvalue weighted by atomic mass is 19.4. The molecule has 7 heteroatoms. The summed E-state index contributed by atoms with van der Waals surface area (Å²) in [6.45, 7) is 2.62. The highest BCUT2D eigenvalue weighted by molar-refractivity contribution is 5.63. The fourth-order valence-electron chi connectivity index (χ4n) is 3.56. The number of nitrogens with zero attached hydrogens (tertiary/aromatic N) is 2. The van der Waals surface area contributed by atoms with Crippen LogP contribution in [0.2, 0.25) is 0 Å². The van der Waals surface area contributed by atoms with Crippen LogP contribution in [0.15, 0.2) is 48.5 Å². The molecule has 0 saturated carbocycles. The van der Waals surface area contributed by atoms with Gasteiger partial charge in [0.15, 0.2) is 0 Å². The molecule has 4 rings (SSSR count). The standard InChI is InChI=1S/C21H20F3N3O/c1-2-27-19(14-4-3-13-10-17(25)11-15(13)9-14)12-20(26-27)28-18-7-5-16(6-8-18)21(22,23)24/h3-9,12,17H,2,10-11,25H2,1H3. The number of ether oxygens (including phenoxy) is 1. The average Bonchev–Trinajstić information content (AvgIpc) is 3.22. The van der Waals surface area contributed by atoms with Crippen LogP contribution in [-0.4, -0.2) is 15.8 Å². The number of hydrogen-bond acceptors (Lipinski definition) is 3. The van der Waals surface area contributed by atoms with E-state index in [-0.39, 0.29) is 6.04 Å². The highest BCUT2D eigenvalue weighted by Gasteiger charge is 2.30. The first-order valence-electron chi connectivity index (χ1n) is 9.14. The monoisotopic (exact) mass is 387 g/mol. The number of fused-ring (bicyclic) bond motifs is 1. The number of aryl methyl sites for hydroxylation is 1. The van der Waals surface area contributed by atoms with Crippen molar-refractivity contribution < 1.29 is 17.9 Å². The lowest BCUT2D eigenvalue weighted by molar-refractivity contribution is -0.137. The zero-order valence-electron chi connectivity index (χ0n) is 15.3. The molecule has 146 valence electrons. The third kappa shape index (κ3) is 3.62. The normalized spacial score (nSPS) is 16.2. The predicted octanol–water partition coefficient (Wildman–Crippen LogP) is 4.81. The van der Waals surface area contributed by atoms with Gasteiger partial charge in [0, 0.05) is 24.2 Å².